The summed E-state index contributed by atoms with van der Waals surface area (Å²) in [6.45, 7) is 2.28. The molecule has 0 aromatic rings. The molecule has 1 N–H and O–H groups in total. The molecule has 4 rings (SSSR count). The highest BCUT2D eigenvalue weighted by Crippen LogP contribution is 2.44. The van der Waals surface area contributed by atoms with Gasteiger partial charge in [-0.05, 0) is 50.4 Å². The van der Waals surface area contributed by atoms with Gasteiger partial charge in [0.25, 0.3) is 0 Å². The molecule has 1 spiro atoms. The predicted molar refractivity (Wildman–Crippen MR) is 81.1 cm³/mol. The Morgan fingerprint density at radius 2 is 1.76 bits per heavy atom. The molecule has 4 nitrogen and oxygen atoms in total. The molecular weight excluding hydrogens is 264 g/mol. The first-order valence-corrected chi connectivity index (χ1v) is 8.95. The van der Waals surface area contributed by atoms with Crippen LogP contribution in [-0.4, -0.2) is 42.3 Å². The Hall–Kier alpha value is -0.770. The fourth-order valence-corrected chi connectivity index (χ4v) is 4.28. The second-order valence-electron chi connectivity index (χ2n) is 7.66. The van der Waals surface area contributed by atoms with E-state index < -0.39 is 0 Å². The van der Waals surface area contributed by atoms with E-state index in [-0.39, 0.29) is 11.6 Å². The molecule has 4 heteroatoms. The maximum atomic E-state index is 12.7. The standard InChI is InChI=1S/C17H28N2O2/c20-16(18-15(13-4-5-13)14-6-7-14)19-10-11-21-17(12-19)8-2-1-3-9-17/h13-15H,1-12H2,(H,18,20). The summed E-state index contributed by atoms with van der Waals surface area (Å²) in [5, 5.41) is 3.36. The Bertz CT molecular complexity index is 380. The van der Waals surface area contributed by atoms with Crippen molar-refractivity contribution in [2.45, 2.75) is 69.4 Å². The average molecular weight is 292 g/mol. The van der Waals surface area contributed by atoms with Gasteiger partial charge in [-0.3, -0.25) is 0 Å². The first-order valence-electron chi connectivity index (χ1n) is 8.95. The average Bonchev–Trinajstić information content (AvgIpc) is 3.39. The van der Waals surface area contributed by atoms with Gasteiger partial charge in [0, 0.05) is 12.6 Å². The number of nitrogens with zero attached hydrogens (tertiary/aromatic N) is 1. The van der Waals surface area contributed by atoms with Crippen LogP contribution in [0.15, 0.2) is 0 Å². The van der Waals surface area contributed by atoms with E-state index in [0.29, 0.717) is 12.6 Å². The SMILES string of the molecule is O=C(NC(C1CC1)C1CC1)N1CCOC2(CCCCC2)C1. The smallest absolute Gasteiger partial charge is 0.317 e. The van der Waals surface area contributed by atoms with Gasteiger partial charge in [-0.25, -0.2) is 4.79 Å². The first-order chi connectivity index (χ1) is 10.3. The fraction of sp³-hybridized carbons (Fsp3) is 0.941. The fourth-order valence-electron chi connectivity index (χ4n) is 4.28. The second kappa shape index (κ2) is 5.45. The summed E-state index contributed by atoms with van der Waals surface area (Å²) in [4.78, 5) is 14.7. The van der Waals surface area contributed by atoms with Crippen LogP contribution in [0.25, 0.3) is 0 Å². The van der Waals surface area contributed by atoms with Crippen LogP contribution in [-0.2, 0) is 4.74 Å². The number of urea groups is 1. The van der Waals surface area contributed by atoms with Gasteiger partial charge in [-0.1, -0.05) is 19.3 Å². The van der Waals surface area contributed by atoms with E-state index in [4.69, 9.17) is 4.74 Å². The van der Waals surface area contributed by atoms with Gasteiger partial charge in [0.05, 0.1) is 18.8 Å². The molecule has 4 fully saturated rings. The molecule has 21 heavy (non-hydrogen) atoms. The van der Waals surface area contributed by atoms with Gasteiger partial charge in [-0.15, -0.1) is 0 Å². The summed E-state index contributed by atoms with van der Waals surface area (Å²) in [5.74, 6) is 1.54. The van der Waals surface area contributed by atoms with Crippen LogP contribution in [0, 0.1) is 11.8 Å². The van der Waals surface area contributed by atoms with Crippen LogP contribution in [0.3, 0.4) is 0 Å². The molecule has 3 saturated carbocycles. The van der Waals surface area contributed by atoms with E-state index in [1.165, 1.54) is 44.9 Å². The first kappa shape index (κ1) is 13.9. The van der Waals surface area contributed by atoms with Gasteiger partial charge in [-0.2, -0.15) is 0 Å². The van der Waals surface area contributed by atoms with Crippen molar-refractivity contribution in [3.8, 4) is 0 Å². The second-order valence-corrected chi connectivity index (χ2v) is 7.66. The number of rotatable bonds is 3. The molecule has 4 aliphatic rings. The Morgan fingerprint density at radius 1 is 1.10 bits per heavy atom. The minimum absolute atomic E-state index is 0.0253. The molecule has 0 radical (unpaired) electrons. The number of amides is 2. The molecule has 1 heterocycles. The van der Waals surface area contributed by atoms with Crippen molar-refractivity contribution in [2.75, 3.05) is 19.7 Å². The Balaban J connectivity index is 1.37. The molecule has 1 saturated heterocycles. The zero-order chi connectivity index (χ0) is 14.3. The third-order valence-corrected chi connectivity index (χ3v) is 5.85. The van der Waals surface area contributed by atoms with E-state index in [1.54, 1.807) is 0 Å². The zero-order valence-electron chi connectivity index (χ0n) is 13.0. The molecule has 0 bridgehead atoms. The summed E-state index contributed by atoms with van der Waals surface area (Å²) >= 11 is 0. The molecule has 0 unspecified atom stereocenters. The van der Waals surface area contributed by atoms with E-state index in [9.17, 15) is 4.79 Å². The van der Waals surface area contributed by atoms with Crippen molar-refractivity contribution in [3.05, 3.63) is 0 Å². The topological polar surface area (TPSA) is 41.6 Å². The largest absolute Gasteiger partial charge is 0.371 e. The number of carbonyl (C=O) groups excluding carboxylic acids is 1. The van der Waals surface area contributed by atoms with E-state index in [2.05, 4.69) is 5.32 Å². The van der Waals surface area contributed by atoms with Gasteiger partial charge in [0.15, 0.2) is 0 Å². The lowest BCUT2D eigenvalue weighted by atomic mass is 9.83. The highest BCUT2D eigenvalue weighted by atomic mass is 16.5. The van der Waals surface area contributed by atoms with Gasteiger partial charge in [0.2, 0.25) is 0 Å². The van der Waals surface area contributed by atoms with Crippen LogP contribution in [0.2, 0.25) is 0 Å². The monoisotopic (exact) mass is 292 g/mol. The third-order valence-electron chi connectivity index (χ3n) is 5.85. The Labute approximate surface area is 127 Å². The highest BCUT2D eigenvalue weighted by molar-refractivity contribution is 5.75. The summed E-state index contributed by atoms with van der Waals surface area (Å²) in [7, 11) is 0. The molecule has 0 atom stereocenters. The molecule has 2 amide bonds. The number of hydrogen-bond donors (Lipinski definition) is 1. The maximum Gasteiger partial charge on any atom is 0.317 e. The number of hydrogen-bond acceptors (Lipinski definition) is 2. The Kier molecular flexibility index (Phi) is 3.60. The van der Waals surface area contributed by atoms with Crippen LogP contribution >= 0.6 is 0 Å². The van der Waals surface area contributed by atoms with Crippen LogP contribution in [0.5, 0.6) is 0 Å². The van der Waals surface area contributed by atoms with Crippen molar-refractivity contribution in [3.63, 3.8) is 0 Å². The molecule has 0 aromatic heterocycles. The number of ether oxygens (including phenoxy) is 1. The lowest BCUT2D eigenvalue weighted by Crippen LogP contribution is -2.58. The van der Waals surface area contributed by atoms with E-state index in [0.717, 1.165) is 37.8 Å². The Morgan fingerprint density at radius 3 is 2.38 bits per heavy atom. The van der Waals surface area contributed by atoms with Gasteiger partial charge >= 0.3 is 6.03 Å². The minimum Gasteiger partial charge on any atom is -0.371 e. The lowest BCUT2D eigenvalue weighted by Gasteiger charge is -2.45. The minimum atomic E-state index is -0.0253. The van der Waals surface area contributed by atoms with Crippen molar-refractivity contribution >= 4 is 6.03 Å². The van der Waals surface area contributed by atoms with Crippen molar-refractivity contribution in [1.29, 1.82) is 0 Å². The normalized spacial score (nSPS) is 28.9. The lowest BCUT2D eigenvalue weighted by molar-refractivity contribution is -0.116. The molecule has 3 aliphatic carbocycles. The highest BCUT2D eigenvalue weighted by Gasteiger charge is 2.44. The molecular formula is C17H28N2O2. The van der Waals surface area contributed by atoms with Crippen LogP contribution < -0.4 is 5.32 Å². The number of nitrogens with one attached hydrogen (secondary N) is 1. The van der Waals surface area contributed by atoms with E-state index >= 15 is 0 Å². The summed E-state index contributed by atoms with van der Waals surface area (Å²) in [6, 6.07) is 0.634. The molecule has 118 valence electrons. The van der Waals surface area contributed by atoms with Crippen molar-refractivity contribution in [1.82, 2.24) is 10.2 Å². The maximum absolute atomic E-state index is 12.7. The zero-order valence-corrected chi connectivity index (χ0v) is 13.0. The number of morpholine rings is 1. The van der Waals surface area contributed by atoms with Gasteiger partial charge in [0.1, 0.15) is 0 Å². The number of carbonyl (C=O) groups is 1. The molecule has 0 aromatic carbocycles. The summed E-state index contributed by atoms with van der Waals surface area (Å²) in [6.07, 6.45) is 11.3. The van der Waals surface area contributed by atoms with Crippen LogP contribution in [0.1, 0.15) is 57.8 Å². The van der Waals surface area contributed by atoms with Crippen molar-refractivity contribution < 1.29 is 9.53 Å². The molecule has 1 aliphatic heterocycles. The van der Waals surface area contributed by atoms with E-state index in [1.807, 2.05) is 4.90 Å². The summed E-state index contributed by atoms with van der Waals surface area (Å²) < 4.78 is 6.09. The predicted octanol–water partition coefficient (Wildman–Crippen LogP) is 2.92. The van der Waals surface area contributed by atoms with Crippen LogP contribution in [0.4, 0.5) is 4.79 Å². The quantitative estimate of drug-likeness (QED) is 0.869. The third kappa shape index (κ3) is 3.05. The van der Waals surface area contributed by atoms with Gasteiger partial charge < -0.3 is 15.0 Å². The summed E-state index contributed by atoms with van der Waals surface area (Å²) in [5.41, 5.74) is -0.0253. The van der Waals surface area contributed by atoms with Crippen molar-refractivity contribution in [2.24, 2.45) is 11.8 Å².